The fourth-order valence-electron chi connectivity index (χ4n) is 1.07. The predicted octanol–water partition coefficient (Wildman–Crippen LogP) is 2.05. The minimum absolute atomic E-state index is 0.0209. The first-order chi connectivity index (χ1) is 6.63. The fraction of sp³-hybridized carbons (Fsp3) is 0.300. The van der Waals surface area contributed by atoms with Crippen LogP contribution in [0.1, 0.15) is 18.1 Å². The van der Waals surface area contributed by atoms with E-state index < -0.39 is 12.1 Å². The van der Waals surface area contributed by atoms with Gasteiger partial charge in [-0.15, -0.1) is 0 Å². The number of carbonyl (C=O) groups excluding carboxylic acids is 1. The van der Waals surface area contributed by atoms with Crippen LogP contribution >= 0.6 is 15.9 Å². The summed E-state index contributed by atoms with van der Waals surface area (Å²) < 4.78 is 5.34. The summed E-state index contributed by atoms with van der Waals surface area (Å²) in [7, 11) is 1.30. The van der Waals surface area contributed by atoms with Crippen molar-refractivity contribution in [1.29, 1.82) is 0 Å². The molecule has 0 fully saturated rings. The van der Waals surface area contributed by atoms with Crippen molar-refractivity contribution in [2.75, 3.05) is 7.11 Å². The Morgan fingerprint density at radius 2 is 2.36 bits per heavy atom. The molecular formula is C10H11BrO3. The van der Waals surface area contributed by atoms with Crippen LogP contribution in [0, 0.1) is 0 Å². The van der Waals surface area contributed by atoms with E-state index in [1.807, 2.05) is 6.07 Å². The average Bonchev–Trinajstić information content (AvgIpc) is 2.17. The molecule has 0 saturated heterocycles. The normalized spacial score (nSPS) is 12.2. The van der Waals surface area contributed by atoms with Gasteiger partial charge in [0, 0.05) is 4.47 Å². The molecule has 0 aromatic heterocycles. The summed E-state index contributed by atoms with van der Waals surface area (Å²) in [6, 6.07) is 7.19. The average molecular weight is 259 g/mol. The number of aliphatic hydroxyl groups excluding tert-OH is 1. The highest BCUT2D eigenvalue weighted by molar-refractivity contribution is 9.10. The van der Waals surface area contributed by atoms with Crippen LogP contribution in [0.3, 0.4) is 0 Å². The number of aliphatic hydroxyl groups is 1. The molecule has 14 heavy (non-hydrogen) atoms. The van der Waals surface area contributed by atoms with Crippen LogP contribution in [0.15, 0.2) is 28.7 Å². The smallest absolute Gasteiger partial charge is 0.308 e. The number of rotatable bonds is 3. The summed E-state index contributed by atoms with van der Waals surface area (Å²) in [5, 5.41) is 9.62. The van der Waals surface area contributed by atoms with Gasteiger partial charge in [-0.05, 0) is 17.7 Å². The zero-order chi connectivity index (χ0) is 10.6. The quantitative estimate of drug-likeness (QED) is 0.845. The predicted molar refractivity (Wildman–Crippen MR) is 55.7 cm³/mol. The highest BCUT2D eigenvalue weighted by Gasteiger charge is 2.12. The Balaban J connectivity index is 2.69. The van der Waals surface area contributed by atoms with Gasteiger partial charge in [0.2, 0.25) is 0 Å². The van der Waals surface area contributed by atoms with Crippen molar-refractivity contribution >= 4 is 21.9 Å². The van der Waals surface area contributed by atoms with Crippen LogP contribution in [-0.4, -0.2) is 18.2 Å². The molecule has 0 amide bonds. The second kappa shape index (κ2) is 5.12. The first-order valence-corrected chi connectivity index (χ1v) is 4.93. The van der Waals surface area contributed by atoms with Crippen LogP contribution in [0.5, 0.6) is 0 Å². The molecule has 0 unspecified atom stereocenters. The fourth-order valence-corrected chi connectivity index (χ4v) is 1.49. The lowest BCUT2D eigenvalue weighted by molar-refractivity contribution is -0.142. The Morgan fingerprint density at radius 1 is 1.64 bits per heavy atom. The van der Waals surface area contributed by atoms with Gasteiger partial charge < -0.3 is 9.84 Å². The molecule has 0 heterocycles. The maximum Gasteiger partial charge on any atom is 0.308 e. The van der Waals surface area contributed by atoms with E-state index in [0.717, 1.165) is 4.47 Å². The number of hydrogen-bond acceptors (Lipinski definition) is 3. The van der Waals surface area contributed by atoms with Gasteiger partial charge in [0.1, 0.15) is 0 Å². The van der Waals surface area contributed by atoms with Crippen molar-refractivity contribution in [1.82, 2.24) is 0 Å². The highest BCUT2D eigenvalue weighted by Crippen LogP contribution is 2.20. The Morgan fingerprint density at radius 3 is 2.93 bits per heavy atom. The van der Waals surface area contributed by atoms with E-state index in [9.17, 15) is 9.90 Å². The van der Waals surface area contributed by atoms with E-state index in [1.54, 1.807) is 18.2 Å². The lowest BCUT2D eigenvalue weighted by Gasteiger charge is -2.09. The molecule has 76 valence electrons. The summed E-state index contributed by atoms with van der Waals surface area (Å²) in [6.07, 6.45) is -0.826. The number of carbonyl (C=O) groups is 1. The van der Waals surface area contributed by atoms with E-state index in [-0.39, 0.29) is 6.42 Å². The van der Waals surface area contributed by atoms with Gasteiger partial charge in [-0.25, -0.2) is 0 Å². The molecule has 3 nitrogen and oxygen atoms in total. The second-order valence-corrected chi connectivity index (χ2v) is 3.77. The van der Waals surface area contributed by atoms with Crippen molar-refractivity contribution < 1.29 is 14.6 Å². The molecule has 1 N–H and O–H groups in total. The van der Waals surface area contributed by atoms with E-state index >= 15 is 0 Å². The molecule has 0 saturated carbocycles. The Bertz CT molecular complexity index is 325. The third-order valence-electron chi connectivity index (χ3n) is 1.82. The molecule has 1 rings (SSSR count). The molecule has 1 aromatic carbocycles. The molecule has 0 radical (unpaired) electrons. The minimum atomic E-state index is -0.806. The van der Waals surface area contributed by atoms with Gasteiger partial charge in [0.15, 0.2) is 0 Å². The second-order valence-electron chi connectivity index (χ2n) is 2.85. The van der Waals surface area contributed by atoms with Crippen LogP contribution in [-0.2, 0) is 9.53 Å². The Kier molecular flexibility index (Phi) is 4.10. The lowest BCUT2D eigenvalue weighted by Crippen LogP contribution is -2.07. The van der Waals surface area contributed by atoms with Gasteiger partial charge in [-0.3, -0.25) is 4.79 Å². The van der Waals surface area contributed by atoms with Gasteiger partial charge >= 0.3 is 5.97 Å². The molecule has 0 aliphatic carbocycles. The zero-order valence-electron chi connectivity index (χ0n) is 7.74. The third-order valence-corrected chi connectivity index (χ3v) is 2.31. The van der Waals surface area contributed by atoms with E-state index in [1.165, 1.54) is 7.11 Å². The van der Waals surface area contributed by atoms with E-state index in [4.69, 9.17) is 0 Å². The number of methoxy groups -OCH3 is 1. The van der Waals surface area contributed by atoms with E-state index in [2.05, 4.69) is 20.7 Å². The van der Waals surface area contributed by atoms with Crippen molar-refractivity contribution in [3.63, 3.8) is 0 Å². The van der Waals surface area contributed by atoms with Crippen molar-refractivity contribution in [3.05, 3.63) is 34.3 Å². The Hall–Kier alpha value is -0.870. The largest absolute Gasteiger partial charge is 0.469 e. The van der Waals surface area contributed by atoms with E-state index in [0.29, 0.717) is 5.56 Å². The maximum absolute atomic E-state index is 10.9. The van der Waals surface area contributed by atoms with Crippen molar-refractivity contribution in [3.8, 4) is 0 Å². The highest BCUT2D eigenvalue weighted by atomic mass is 79.9. The molecule has 0 bridgehead atoms. The number of esters is 1. The number of hydrogen-bond donors (Lipinski definition) is 1. The van der Waals surface area contributed by atoms with Crippen molar-refractivity contribution in [2.24, 2.45) is 0 Å². The summed E-state index contributed by atoms with van der Waals surface area (Å²) in [6.45, 7) is 0. The summed E-state index contributed by atoms with van der Waals surface area (Å²) in [5.74, 6) is -0.419. The van der Waals surface area contributed by atoms with Crippen LogP contribution in [0.25, 0.3) is 0 Å². The summed E-state index contributed by atoms with van der Waals surface area (Å²) >= 11 is 3.29. The molecule has 4 heteroatoms. The standard InChI is InChI=1S/C10H11BrO3/c1-14-10(13)6-9(12)7-3-2-4-8(11)5-7/h2-5,9,12H,6H2,1H3/t9-/m0/s1. The molecule has 1 aromatic rings. The molecule has 0 aliphatic rings. The summed E-state index contributed by atoms with van der Waals surface area (Å²) in [5.41, 5.74) is 0.699. The van der Waals surface area contributed by atoms with Gasteiger partial charge in [0.05, 0.1) is 19.6 Å². The Labute approximate surface area is 90.8 Å². The van der Waals surface area contributed by atoms with Crippen LogP contribution in [0.2, 0.25) is 0 Å². The molecule has 1 atom stereocenters. The monoisotopic (exact) mass is 258 g/mol. The first-order valence-electron chi connectivity index (χ1n) is 4.14. The molecular weight excluding hydrogens is 248 g/mol. The van der Waals surface area contributed by atoms with Gasteiger partial charge in [-0.1, -0.05) is 28.1 Å². The first kappa shape index (κ1) is 11.2. The number of benzene rings is 1. The zero-order valence-corrected chi connectivity index (χ0v) is 9.32. The van der Waals surface area contributed by atoms with Gasteiger partial charge in [-0.2, -0.15) is 0 Å². The number of halogens is 1. The molecule has 0 spiro atoms. The summed E-state index contributed by atoms with van der Waals surface area (Å²) in [4.78, 5) is 10.9. The van der Waals surface area contributed by atoms with Gasteiger partial charge in [0.25, 0.3) is 0 Å². The SMILES string of the molecule is COC(=O)C[C@H](O)c1cccc(Br)c1. The number of ether oxygens (including phenoxy) is 1. The lowest BCUT2D eigenvalue weighted by atomic mass is 10.1. The van der Waals surface area contributed by atoms with Crippen LogP contribution < -0.4 is 0 Å². The molecule has 0 aliphatic heterocycles. The maximum atomic E-state index is 10.9. The minimum Gasteiger partial charge on any atom is -0.469 e. The van der Waals surface area contributed by atoms with Crippen molar-refractivity contribution in [2.45, 2.75) is 12.5 Å². The third kappa shape index (κ3) is 3.12. The topological polar surface area (TPSA) is 46.5 Å². The van der Waals surface area contributed by atoms with Crippen LogP contribution in [0.4, 0.5) is 0 Å².